The highest BCUT2D eigenvalue weighted by Crippen LogP contribution is 2.36. The molecule has 0 amide bonds. The van der Waals surface area contributed by atoms with Gasteiger partial charge >= 0.3 is 0 Å². The molecule has 2 N–H and O–H groups in total. The molecule has 0 radical (unpaired) electrons. The van der Waals surface area contributed by atoms with Gasteiger partial charge in [0.1, 0.15) is 11.4 Å². The molecule has 0 aromatic rings. The fraction of sp³-hybridized carbons (Fsp3) is 0.923. The third-order valence-electron chi connectivity index (χ3n) is 3.71. The van der Waals surface area contributed by atoms with Crippen molar-refractivity contribution in [1.82, 2.24) is 0 Å². The van der Waals surface area contributed by atoms with Crippen molar-refractivity contribution in [2.24, 2.45) is 16.6 Å². The number of rotatable bonds is 4. The average Bonchev–Trinajstić information content (AvgIpc) is 3.02. The minimum absolute atomic E-state index is 0.241. The van der Waals surface area contributed by atoms with E-state index in [1.807, 2.05) is 6.92 Å². The van der Waals surface area contributed by atoms with Crippen LogP contribution in [0.25, 0.3) is 0 Å². The van der Waals surface area contributed by atoms with Crippen LogP contribution in [0.2, 0.25) is 0 Å². The summed E-state index contributed by atoms with van der Waals surface area (Å²) in [7, 11) is 0. The third kappa shape index (κ3) is 2.57. The second-order valence-electron chi connectivity index (χ2n) is 5.37. The van der Waals surface area contributed by atoms with E-state index in [4.69, 9.17) is 10.5 Å². The fourth-order valence-corrected chi connectivity index (χ4v) is 2.74. The number of hydrogen-bond donors (Lipinski definition) is 1. The van der Waals surface area contributed by atoms with Crippen LogP contribution in [0.5, 0.6) is 0 Å². The van der Waals surface area contributed by atoms with Gasteiger partial charge in [0, 0.05) is 6.61 Å². The summed E-state index contributed by atoms with van der Waals surface area (Å²) in [4.78, 5) is 4.61. The maximum Gasteiger partial charge on any atom is 0.127 e. The Labute approximate surface area is 98.5 Å². The van der Waals surface area contributed by atoms with E-state index in [1.54, 1.807) is 0 Å². The summed E-state index contributed by atoms with van der Waals surface area (Å²) in [5.41, 5.74) is 5.96. The van der Waals surface area contributed by atoms with Crippen LogP contribution < -0.4 is 5.73 Å². The zero-order valence-electron chi connectivity index (χ0n) is 10.5. The van der Waals surface area contributed by atoms with Crippen LogP contribution >= 0.6 is 0 Å². The number of nitrogens with two attached hydrogens (primary N) is 1. The molecule has 0 heterocycles. The van der Waals surface area contributed by atoms with Gasteiger partial charge < -0.3 is 10.5 Å². The minimum atomic E-state index is -0.241. The minimum Gasteiger partial charge on any atom is -0.385 e. The topological polar surface area (TPSA) is 47.6 Å². The lowest BCUT2D eigenvalue weighted by molar-refractivity contribution is -0.0247. The fourth-order valence-electron chi connectivity index (χ4n) is 2.74. The zero-order chi connectivity index (χ0) is 11.6. The Morgan fingerprint density at radius 2 is 2.19 bits per heavy atom. The van der Waals surface area contributed by atoms with E-state index in [-0.39, 0.29) is 5.60 Å². The van der Waals surface area contributed by atoms with Gasteiger partial charge in [-0.3, -0.25) is 4.99 Å². The summed E-state index contributed by atoms with van der Waals surface area (Å²) in [6.07, 6.45) is 7.01. The summed E-state index contributed by atoms with van der Waals surface area (Å²) in [6, 6.07) is 0.495. The van der Waals surface area contributed by atoms with E-state index < -0.39 is 0 Å². The van der Waals surface area contributed by atoms with E-state index in [1.165, 1.54) is 25.7 Å². The molecule has 2 unspecified atom stereocenters. The molecule has 16 heavy (non-hydrogen) atoms. The van der Waals surface area contributed by atoms with Crippen LogP contribution in [-0.2, 0) is 4.74 Å². The van der Waals surface area contributed by atoms with E-state index >= 15 is 0 Å². The van der Waals surface area contributed by atoms with Gasteiger partial charge in [0.2, 0.25) is 0 Å². The molecular weight excluding hydrogens is 200 g/mol. The van der Waals surface area contributed by atoms with Crippen molar-refractivity contribution in [2.45, 2.75) is 64.0 Å². The molecule has 2 atom stereocenters. The van der Waals surface area contributed by atoms with Crippen LogP contribution in [0.1, 0.15) is 52.4 Å². The summed E-state index contributed by atoms with van der Waals surface area (Å²) in [6.45, 7) is 5.07. The van der Waals surface area contributed by atoms with Crippen molar-refractivity contribution >= 4 is 5.84 Å². The van der Waals surface area contributed by atoms with Crippen molar-refractivity contribution in [2.75, 3.05) is 6.61 Å². The Bertz CT molecular complexity index is 269. The van der Waals surface area contributed by atoms with Crippen LogP contribution in [0, 0.1) is 5.92 Å². The molecule has 0 spiro atoms. The van der Waals surface area contributed by atoms with Crippen molar-refractivity contribution in [1.29, 1.82) is 0 Å². The highest BCUT2D eigenvalue weighted by molar-refractivity contribution is 5.89. The Hall–Kier alpha value is -0.570. The molecule has 0 bridgehead atoms. The van der Waals surface area contributed by atoms with Gasteiger partial charge in [0.05, 0.1) is 6.04 Å². The molecule has 0 aliphatic heterocycles. The Morgan fingerprint density at radius 1 is 1.44 bits per heavy atom. The molecule has 2 saturated carbocycles. The normalized spacial score (nSPS) is 36.4. The lowest BCUT2D eigenvalue weighted by atomic mass is 9.78. The number of amidine groups is 1. The molecule has 2 aliphatic rings. The maximum absolute atomic E-state index is 6.20. The van der Waals surface area contributed by atoms with Gasteiger partial charge in [0.15, 0.2) is 0 Å². The van der Waals surface area contributed by atoms with Crippen LogP contribution in [0.4, 0.5) is 0 Å². The summed E-state index contributed by atoms with van der Waals surface area (Å²) < 4.78 is 5.98. The first-order valence-corrected chi connectivity index (χ1v) is 6.64. The molecule has 0 aromatic carbocycles. The first-order valence-electron chi connectivity index (χ1n) is 6.64. The molecule has 2 aliphatic carbocycles. The molecule has 92 valence electrons. The average molecular weight is 224 g/mol. The maximum atomic E-state index is 6.20. The van der Waals surface area contributed by atoms with Crippen molar-refractivity contribution in [3.8, 4) is 0 Å². The van der Waals surface area contributed by atoms with Gasteiger partial charge in [-0.2, -0.15) is 0 Å². The van der Waals surface area contributed by atoms with E-state index in [0.717, 1.165) is 25.3 Å². The number of aliphatic imine (C=N–C) groups is 1. The van der Waals surface area contributed by atoms with Gasteiger partial charge in [-0.25, -0.2) is 0 Å². The zero-order valence-corrected chi connectivity index (χ0v) is 10.5. The van der Waals surface area contributed by atoms with Gasteiger partial charge in [-0.15, -0.1) is 0 Å². The Balaban J connectivity index is 2.12. The van der Waals surface area contributed by atoms with Crippen LogP contribution in [-0.4, -0.2) is 24.1 Å². The lowest BCUT2D eigenvalue weighted by Gasteiger charge is -2.39. The van der Waals surface area contributed by atoms with Gasteiger partial charge in [-0.1, -0.05) is 13.3 Å². The van der Waals surface area contributed by atoms with E-state index in [0.29, 0.717) is 12.0 Å². The largest absolute Gasteiger partial charge is 0.385 e. The second-order valence-corrected chi connectivity index (χ2v) is 5.37. The number of nitrogens with zero attached hydrogens (tertiary/aromatic N) is 1. The predicted octanol–water partition coefficient (Wildman–Crippen LogP) is 2.49. The summed E-state index contributed by atoms with van der Waals surface area (Å²) in [5, 5.41) is 0. The van der Waals surface area contributed by atoms with E-state index in [9.17, 15) is 0 Å². The second kappa shape index (κ2) is 4.74. The Morgan fingerprint density at radius 3 is 2.75 bits per heavy atom. The standard InChI is InChI=1S/C13H24N2O/c1-3-16-13(8-4-5-10(2)9-13)12(14)15-11-6-7-11/h10-11H,3-9H2,1-2H3,(H2,14,15). The molecule has 3 heteroatoms. The van der Waals surface area contributed by atoms with Gasteiger partial charge in [0.25, 0.3) is 0 Å². The van der Waals surface area contributed by atoms with Crippen molar-refractivity contribution < 1.29 is 4.74 Å². The number of hydrogen-bond acceptors (Lipinski definition) is 2. The molecule has 2 rings (SSSR count). The first-order chi connectivity index (χ1) is 7.66. The first kappa shape index (κ1) is 11.9. The SMILES string of the molecule is CCOC1(C(N)=NC2CC2)CCCC(C)C1. The Kier molecular flexibility index (Phi) is 3.53. The van der Waals surface area contributed by atoms with E-state index in [2.05, 4.69) is 11.9 Å². The molecular formula is C13H24N2O. The summed E-state index contributed by atoms with van der Waals surface area (Å²) in [5.74, 6) is 1.47. The van der Waals surface area contributed by atoms with Crippen LogP contribution in [0.15, 0.2) is 4.99 Å². The highest BCUT2D eigenvalue weighted by atomic mass is 16.5. The smallest absolute Gasteiger partial charge is 0.127 e. The predicted molar refractivity (Wildman–Crippen MR) is 66.6 cm³/mol. The molecule has 2 fully saturated rings. The third-order valence-corrected chi connectivity index (χ3v) is 3.71. The molecule has 0 saturated heterocycles. The quantitative estimate of drug-likeness (QED) is 0.589. The lowest BCUT2D eigenvalue weighted by Crippen LogP contribution is -2.49. The number of ether oxygens (including phenoxy) is 1. The van der Waals surface area contributed by atoms with Gasteiger partial charge in [-0.05, 0) is 44.9 Å². The monoisotopic (exact) mass is 224 g/mol. The van der Waals surface area contributed by atoms with Crippen molar-refractivity contribution in [3.05, 3.63) is 0 Å². The molecule has 0 aromatic heterocycles. The van der Waals surface area contributed by atoms with Crippen LogP contribution in [0.3, 0.4) is 0 Å². The van der Waals surface area contributed by atoms with Crippen molar-refractivity contribution in [3.63, 3.8) is 0 Å². The molecule has 3 nitrogen and oxygen atoms in total. The summed E-state index contributed by atoms with van der Waals surface area (Å²) >= 11 is 0. The highest BCUT2D eigenvalue weighted by Gasteiger charge is 2.40.